The van der Waals surface area contributed by atoms with Crippen molar-refractivity contribution in [3.63, 3.8) is 0 Å². The minimum absolute atomic E-state index is 0.0696. The summed E-state index contributed by atoms with van der Waals surface area (Å²) < 4.78 is 0. The molecule has 0 aromatic heterocycles. The second kappa shape index (κ2) is 9.18. The monoisotopic (exact) mass is 316 g/mol. The third-order valence-electron chi connectivity index (χ3n) is 4.15. The van der Waals surface area contributed by atoms with E-state index in [2.05, 4.69) is 16.9 Å². The summed E-state index contributed by atoms with van der Waals surface area (Å²) in [6.45, 7) is 3.68. The predicted octanol–water partition coefficient (Wildman–Crippen LogP) is 2.85. The van der Waals surface area contributed by atoms with E-state index >= 15 is 0 Å². The quantitative estimate of drug-likeness (QED) is 0.643. The number of carbonyl (C=O) groups excluding carboxylic acids is 1. The molecule has 1 fully saturated rings. The number of nitrogens with one attached hydrogen (secondary N) is 2. The van der Waals surface area contributed by atoms with Crippen LogP contribution in [0.1, 0.15) is 52.4 Å². The number of carbonyl (C=O) groups is 2. The highest BCUT2D eigenvalue weighted by Crippen LogP contribution is 2.28. The van der Waals surface area contributed by atoms with Crippen LogP contribution in [0.15, 0.2) is 0 Å². The van der Waals surface area contributed by atoms with Crippen molar-refractivity contribution in [2.24, 2.45) is 5.92 Å². The largest absolute Gasteiger partial charge is 0.481 e. The molecule has 4 unspecified atom stereocenters. The van der Waals surface area contributed by atoms with Crippen molar-refractivity contribution in [1.29, 1.82) is 0 Å². The summed E-state index contributed by atoms with van der Waals surface area (Å²) in [4.78, 5) is 22.7. The van der Waals surface area contributed by atoms with Crippen LogP contribution in [-0.2, 0) is 4.79 Å². The van der Waals surface area contributed by atoms with Gasteiger partial charge in [-0.3, -0.25) is 4.79 Å². The summed E-state index contributed by atoms with van der Waals surface area (Å²) in [6, 6.07) is 0.249. The van der Waals surface area contributed by atoms with Gasteiger partial charge in [-0.05, 0) is 38.9 Å². The molecule has 0 radical (unpaired) electrons. The van der Waals surface area contributed by atoms with Crippen LogP contribution in [0.4, 0.5) is 4.79 Å². The lowest BCUT2D eigenvalue weighted by Gasteiger charge is -2.21. The zero-order valence-electron chi connectivity index (χ0n) is 13.2. The normalized spacial score (nSPS) is 24.3. The van der Waals surface area contributed by atoms with Gasteiger partial charge in [-0.25, -0.2) is 4.79 Å². The third kappa shape index (κ3) is 6.59. The minimum Gasteiger partial charge on any atom is -0.481 e. The van der Waals surface area contributed by atoms with Crippen molar-refractivity contribution in [2.45, 2.75) is 69.7 Å². The molecular weight excluding hydrogens is 288 g/mol. The van der Waals surface area contributed by atoms with Gasteiger partial charge in [0.25, 0.3) is 0 Å². The van der Waals surface area contributed by atoms with Crippen molar-refractivity contribution < 1.29 is 14.7 Å². The third-order valence-corrected chi connectivity index (χ3v) is 5.31. The number of hydrogen-bond acceptors (Lipinski definition) is 3. The Bertz CT molecular complexity index is 352. The molecular formula is C15H28N2O3S. The zero-order valence-corrected chi connectivity index (χ0v) is 14.0. The Kier molecular flexibility index (Phi) is 7.93. The van der Waals surface area contributed by atoms with E-state index in [1.54, 1.807) is 6.92 Å². The first-order valence-electron chi connectivity index (χ1n) is 7.76. The highest BCUT2D eigenvalue weighted by atomic mass is 32.2. The molecule has 2 amide bonds. The molecule has 6 heteroatoms. The van der Waals surface area contributed by atoms with Crippen LogP contribution in [0.5, 0.6) is 0 Å². The lowest BCUT2D eigenvalue weighted by atomic mass is 10.0. The molecule has 0 aromatic rings. The lowest BCUT2D eigenvalue weighted by Crippen LogP contribution is -2.47. The van der Waals surface area contributed by atoms with E-state index in [9.17, 15) is 9.59 Å². The van der Waals surface area contributed by atoms with E-state index in [1.807, 2.05) is 18.7 Å². The molecule has 4 atom stereocenters. The molecule has 122 valence electrons. The number of carboxylic acids is 1. The fourth-order valence-corrected chi connectivity index (χ4v) is 3.67. The van der Waals surface area contributed by atoms with E-state index in [0.29, 0.717) is 11.7 Å². The molecule has 1 rings (SSSR count). The molecule has 3 N–H and O–H groups in total. The number of hydrogen-bond donors (Lipinski definition) is 3. The number of carboxylic acid groups (broad SMARTS) is 1. The number of rotatable bonds is 8. The van der Waals surface area contributed by atoms with Gasteiger partial charge < -0.3 is 15.7 Å². The van der Waals surface area contributed by atoms with Gasteiger partial charge in [-0.15, -0.1) is 0 Å². The van der Waals surface area contributed by atoms with Gasteiger partial charge in [0, 0.05) is 17.3 Å². The highest BCUT2D eigenvalue weighted by molar-refractivity contribution is 7.99. The Morgan fingerprint density at radius 2 is 2.00 bits per heavy atom. The molecule has 1 aliphatic carbocycles. The smallest absolute Gasteiger partial charge is 0.315 e. The molecule has 1 saturated carbocycles. The molecule has 0 saturated heterocycles. The fourth-order valence-electron chi connectivity index (χ4n) is 2.73. The summed E-state index contributed by atoms with van der Waals surface area (Å²) >= 11 is 1.82. The maximum Gasteiger partial charge on any atom is 0.315 e. The summed E-state index contributed by atoms with van der Waals surface area (Å²) in [5, 5.41) is 15.4. The van der Waals surface area contributed by atoms with Crippen molar-refractivity contribution in [3.8, 4) is 0 Å². The first kappa shape index (κ1) is 18.1. The van der Waals surface area contributed by atoms with Gasteiger partial charge in [0.15, 0.2) is 0 Å². The summed E-state index contributed by atoms with van der Waals surface area (Å²) in [6.07, 6.45) is 7.78. The molecule has 0 aromatic carbocycles. The Labute approximate surface area is 131 Å². The maximum atomic E-state index is 12.0. The van der Waals surface area contributed by atoms with Crippen LogP contribution >= 0.6 is 11.8 Å². The number of urea groups is 1. The van der Waals surface area contributed by atoms with Crippen molar-refractivity contribution in [3.05, 3.63) is 0 Å². The number of thioether (sulfide) groups is 1. The van der Waals surface area contributed by atoms with Gasteiger partial charge in [0.05, 0.1) is 5.92 Å². The van der Waals surface area contributed by atoms with Gasteiger partial charge in [-0.2, -0.15) is 11.8 Å². The van der Waals surface area contributed by atoms with E-state index < -0.39 is 5.97 Å². The molecule has 0 aliphatic heterocycles. The highest BCUT2D eigenvalue weighted by Gasteiger charge is 2.27. The maximum absolute atomic E-state index is 12.0. The SMILES string of the molecule is CSC1CCCC1NC(=O)NC(C)CCCC(C)C(=O)O. The average Bonchev–Trinajstić information content (AvgIpc) is 2.85. The Morgan fingerprint density at radius 3 is 2.62 bits per heavy atom. The summed E-state index contributed by atoms with van der Waals surface area (Å²) in [7, 11) is 0. The topological polar surface area (TPSA) is 78.4 Å². The summed E-state index contributed by atoms with van der Waals surface area (Å²) in [5.74, 6) is -1.07. The predicted molar refractivity (Wildman–Crippen MR) is 86.7 cm³/mol. The van der Waals surface area contributed by atoms with Crippen molar-refractivity contribution >= 4 is 23.8 Å². The first-order chi connectivity index (χ1) is 9.93. The van der Waals surface area contributed by atoms with Crippen molar-refractivity contribution in [1.82, 2.24) is 10.6 Å². The molecule has 0 bridgehead atoms. The van der Waals surface area contributed by atoms with E-state index in [1.165, 1.54) is 12.8 Å². The first-order valence-corrected chi connectivity index (χ1v) is 9.05. The van der Waals surface area contributed by atoms with E-state index in [-0.39, 0.29) is 24.0 Å². The van der Waals surface area contributed by atoms with E-state index in [4.69, 9.17) is 5.11 Å². The molecule has 0 heterocycles. The number of amides is 2. The zero-order chi connectivity index (χ0) is 15.8. The number of aliphatic carboxylic acids is 1. The lowest BCUT2D eigenvalue weighted by molar-refractivity contribution is -0.141. The Hall–Kier alpha value is -0.910. The van der Waals surface area contributed by atoms with Crippen LogP contribution in [-0.4, -0.2) is 40.7 Å². The van der Waals surface area contributed by atoms with Gasteiger partial charge in [0.1, 0.15) is 0 Å². The van der Waals surface area contributed by atoms with Crippen molar-refractivity contribution in [2.75, 3.05) is 6.26 Å². The van der Waals surface area contributed by atoms with E-state index in [0.717, 1.165) is 19.3 Å². The van der Waals surface area contributed by atoms with Crippen LogP contribution in [0.25, 0.3) is 0 Å². The second-order valence-corrected chi connectivity index (χ2v) is 7.08. The Balaban J connectivity index is 2.20. The molecule has 0 spiro atoms. The van der Waals surface area contributed by atoms with Crippen LogP contribution in [0.2, 0.25) is 0 Å². The average molecular weight is 316 g/mol. The molecule has 21 heavy (non-hydrogen) atoms. The molecule has 1 aliphatic rings. The molecule has 5 nitrogen and oxygen atoms in total. The summed E-state index contributed by atoms with van der Waals surface area (Å²) in [5.41, 5.74) is 0. The second-order valence-electron chi connectivity index (χ2n) is 6.00. The van der Waals surface area contributed by atoms with Gasteiger partial charge in [0.2, 0.25) is 0 Å². The van der Waals surface area contributed by atoms with Crippen LogP contribution in [0.3, 0.4) is 0 Å². The van der Waals surface area contributed by atoms with Gasteiger partial charge >= 0.3 is 12.0 Å². The van der Waals surface area contributed by atoms with Crippen LogP contribution in [0, 0.1) is 5.92 Å². The standard InChI is InChI=1S/C15H28N2O3S/c1-10(14(18)19)6-4-7-11(2)16-15(20)17-12-8-5-9-13(12)21-3/h10-13H,4-9H2,1-3H3,(H,18,19)(H2,16,17,20). The minimum atomic E-state index is -0.752. The fraction of sp³-hybridized carbons (Fsp3) is 0.867. The Morgan fingerprint density at radius 1 is 1.29 bits per heavy atom. The van der Waals surface area contributed by atoms with Crippen LogP contribution < -0.4 is 10.6 Å². The van der Waals surface area contributed by atoms with Gasteiger partial charge in [-0.1, -0.05) is 19.8 Å².